The van der Waals surface area contributed by atoms with E-state index in [0.717, 1.165) is 22.5 Å². The zero-order chi connectivity index (χ0) is 18.2. The fourth-order valence-electron chi connectivity index (χ4n) is 3.17. The molecule has 0 bridgehead atoms. The molecule has 0 fully saturated rings. The molecule has 0 amide bonds. The Morgan fingerprint density at radius 1 is 1.24 bits per heavy atom. The molecule has 134 valence electrons. The van der Waals surface area contributed by atoms with E-state index in [9.17, 15) is 13.2 Å². The summed E-state index contributed by atoms with van der Waals surface area (Å²) in [5, 5.41) is 0. The van der Waals surface area contributed by atoms with Gasteiger partial charge < -0.3 is 9.72 Å². The molecule has 2 heterocycles. The van der Waals surface area contributed by atoms with Gasteiger partial charge >= 0.3 is 5.97 Å². The topological polar surface area (TPSA) is 79.5 Å². The lowest BCUT2D eigenvalue weighted by Crippen LogP contribution is -2.36. The normalized spacial score (nSPS) is 15.0. The van der Waals surface area contributed by atoms with Gasteiger partial charge in [0.2, 0.25) is 10.0 Å². The number of rotatable bonds is 4. The number of benzene rings is 1. The summed E-state index contributed by atoms with van der Waals surface area (Å²) in [6.45, 7) is 6.31. The van der Waals surface area contributed by atoms with Gasteiger partial charge in [-0.3, -0.25) is 0 Å². The minimum Gasteiger partial charge on any atom is -0.462 e. The lowest BCUT2D eigenvalue weighted by atomic mass is 10.0. The molecule has 0 saturated heterocycles. The number of fused-ring (bicyclic) bond motifs is 1. The van der Waals surface area contributed by atoms with Gasteiger partial charge in [-0.15, -0.1) is 0 Å². The van der Waals surface area contributed by atoms with Crippen LogP contribution in [0.3, 0.4) is 0 Å². The van der Waals surface area contributed by atoms with Crippen LogP contribution in [0.1, 0.15) is 39.8 Å². The molecule has 1 aromatic carbocycles. The number of aryl methyl sites for hydroxylation is 2. The van der Waals surface area contributed by atoms with E-state index in [1.165, 1.54) is 4.31 Å². The Hall–Kier alpha value is -2.12. The molecule has 0 aliphatic carbocycles. The van der Waals surface area contributed by atoms with Gasteiger partial charge in [0.1, 0.15) is 0 Å². The monoisotopic (exact) mass is 362 g/mol. The molecule has 6 nitrogen and oxygen atoms in total. The highest BCUT2D eigenvalue weighted by Crippen LogP contribution is 2.29. The average Bonchev–Trinajstić information content (AvgIpc) is 2.90. The zero-order valence-electron chi connectivity index (χ0n) is 14.6. The highest BCUT2D eigenvalue weighted by molar-refractivity contribution is 7.89. The summed E-state index contributed by atoms with van der Waals surface area (Å²) in [6.07, 6.45) is 0.542. The number of nitrogens with one attached hydrogen (secondary N) is 1. The Morgan fingerprint density at radius 2 is 1.92 bits per heavy atom. The molecule has 0 radical (unpaired) electrons. The van der Waals surface area contributed by atoms with Gasteiger partial charge in [0.05, 0.1) is 17.1 Å². The number of carbonyl (C=O) groups is 1. The second kappa shape index (κ2) is 6.65. The van der Waals surface area contributed by atoms with Crippen molar-refractivity contribution >= 4 is 16.0 Å². The third-order valence-electron chi connectivity index (χ3n) is 4.46. The highest BCUT2D eigenvalue weighted by Gasteiger charge is 2.33. The van der Waals surface area contributed by atoms with Crippen LogP contribution in [0.25, 0.3) is 0 Å². The zero-order valence-corrected chi connectivity index (χ0v) is 15.4. The Balaban J connectivity index is 1.95. The van der Waals surface area contributed by atoms with E-state index in [4.69, 9.17) is 4.74 Å². The van der Waals surface area contributed by atoms with Crippen LogP contribution in [0, 0.1) is 13.8 Å². The molecular weight excluding hydrogens is 340 g/mol. The molecule has 1 aromatic heterocycles. The molecule has 2 aromatic rings. The molecule has 7 heteroatoms. The number of H-pyrrole nitrogens is 1. The van der Waals surface area contributed by atoms with Crippen molar-refractivity contribution in [2.24, 2.45) is 0 Å². The van der Waals surface area contributed by atoms with Crippen molar-refractivity contribution in [3.8, 4) is 0 Å². The van der Waals surface area contributed by atoms with E-state index in [1.54, 1.807) is 31.2 Å². The molecular formula is C18H22N2O4S. The lowest BCUT2D eigenvalue weighted by molar-refractivity contribution is 0.0523. The van der Waals surface area contributed by atoms with Gasteiger partial charge in [0, 0.05) is 36.5 Å². The minimum atomic E-state index is -3.60. The van der Waals surface area contributed by atoms with E-state index in [0.29, 0.717) is 18.5 Å². The smallest absolute Gasteiger partial charge is 0.340 e. The number of aromatic amines is 1. The Morgan fingerprint density at radius 3 is 2.56 bits per heavy atom. The summed E-state index contributed by atoms with van der Waals surface area (Å²) in [6, 6.07) is 6.81. The van der Waals surface area contributed by atoms with E-state index < -0.39 is 16.0 Å². The van der Waals surface area contributed by atoms with Gasteiger partial charge in [-0.25, -0.2) is 13.2 Å². The van der Waals surface area contributed by atoms with Crippen LogP contribution in [-0.2, 0) is 27.7 Å². The largest absolute Gasteiger partial charge is 0.462 e. The summed E-state index contributed by atoms with van der Waals surface area (Å²) in [5.41, 5.74) is 3.82. The van der Waals surface area contributed by atoms with Crippen LogP contribution < -0.4 is 0 Å². The molecule has 0 saturated carbocycles. The molecule has 25 heavy (non-hydrogen) atoms. The quantitative estimate of drug-likeness (QED) is 0.848. The highest BCUT2D eigenvalue weighted by atomic mass is 32.2. The van der Waals surface area contributed by atoms with Gasteiger partial charge in [-0.1, -0.05) is 17.7 Å². The summed E-state index contributed by atoms with van der Waals surface area (Å²) in [5.74, 6) is -0.410. The van der Waals surface area contributed by atoms with Crippen LogP contribution >= 0.6 is 0 Å². The van der Waals surface area contributed by atoms with Crippen molar-refractivity contribution in [3.63, 3.8) is 0 Å². The van der Waals surface area contributed by atoms with Crippen molar-refractivity contribution in [1.82, 2.24) is 9.29 Å². The van der Waals surface area contributed by atoms with Crippen LogP contribution in [-0.4, -0.2) is 36.8 Å². The molecule has 1 aliphatic heterocycles. The van der Waals surface area contributed by atoms with Crippen molar-refractivity contribution in [3.05, 3.63) is 52.3 Å². The van der Waals surface area contributed by atoms with Gasteiger partial charge in [-0.2, -0.15) is 4.31 Å². The molecule has 1 aliphatic rings. The Labute approximate surface area is 147 Å². The summed E-state index contributed by atoms with van der Waals surface area (Å²) < 4.78 is 32.4. The maximum absolute atomic E-state index is 12.9. The van der Waals surface area contributed by atoms with E-state index in [2.05, 4.69) is 4.98 Å². The van der Waals surface area contributed by atoms with Crippen LogP contribution in [0.4, 0.5) is 0 Å². The Kier molecular flexibility index (Phi) is 4.71. The standard InChI is InChI=1S/C18H22N2O4S/c1-4-24-18(21)17-13(3)19-16-9-10-20(11-15(16)17)25(22,23)14-7-5-12(2)6-8-14/h5-8,19H,4,9-11H2,1-3H3. The fourth-order valence-corrected chi connectivity index (χ4v) is 4.57. The second-order valence-corrected chi connectivity index (χ2v) is 8.14. The van der Waals surface area contributed by atoms with Gasteiger partial charge in [0.25, 0.3) is 0 Å². The summed E-state index contributed by atoms with van der Waals surface area (Å²) in [7, 11) is -3.60. The molecule has 0 spiro atoms. The number of carbonyl (C=O) groups excluding carboxylic acids is 1. The van der Waals surface area contributed by atoms with Gasteiger partial charge in [0.15, 0.2) is 0 Å². The lowest BCUT2D eigenvalue weighted by Gasteiger charge is -2.27. The average molecular weight is 362 g/mol. The third-order valence-corrected chi connectivity index (χ3v) is 6.32. The minimum absolute atomic E-state index is 0.171. The second-order valence-electron chi connectivity index (χ2n) is 6.20. The number of esters is 1. The maximum Gasteiger partial charge on any atom is 0.340 e. The van der Waals surface area contributed by atoms with Crippen molar-refractivity contribution in [2.75, 3.05) is 13.2 Å². The number of hydrogen-bond donors (Lipinski definition) is 1. The molecule has 3 rings (SSSR count). The molecule has 0 unspecified atom stereocenters. The predicted octanol–water partition coefficient (Wildman–Crippen LogP) is 2.56. The summed E-state index contributed by atoms with van der Waals surface area (Å²) in [4.78, 5) is 15.7. The number of ether oxygens (including phenoxy) is 1. The fraction of sp³-hybridized carbons (Fsp3) is 0.389. The summed E-state index contributed by atoms with van der Waals surface area (Å²) >= 11 is 0. The molecule has 0 atom stereocenters. The number of nitrogens with zero attached hydrogens (tertiary/aromatic N) is 1. The van der Waals surface area contributed by atoms with Crippen LogP contribution in [0.5, 0.6) is 0 Å². The van der Waals surface area contributed by atoms with Crippen molar-refractivity contribution < 1.29 is 17.9 Å². The first-order chi connectivity index (χ1) is 11.8. The van der Waals surface area contributed by atoms with Crippen molar-refractivity contribution in [2.45, 2.75) is 38.6 Å². The van der Waals surface area contributed by atoms with Crippen molar-refractivity contribution in [1.29, 1.82) is 0 Å². The molecule has 1 N–H and O–H groups in total. The first kappa shape index (κ1) is 17.7. The third kappa shape index (κ3) is 3.21. The van der Waals surface area contributed by atoms with Gasteiger partial charge in [-0.05, 0) is 32.9 Å². The van der Waals surface area contributed by atoms with Crippen LogP contribution in [0.15, 0.2) is 29.2 Å². The van der Waals surface area contributed by atoms with E-state index >= 15 is 0 Å². The number of aromatic nitrogens is 1. The first-order valence-electron chi connectivity index (χ1n) is 8.28. The SMILES string of the molecule is CCOC(=O)c1c(C)[nH]c2c1CN(S(=O)(=O)c1ccc(C)cc1)CC2. The predicted molar refractivity (Wildman–Crippen MR) is 94.0 cm³/mol. The van der Waals surface area contributed by atoms with E-state index in [-0.39, 0.29) is 18.0 Å². The maximum atomic E-state index is 12.9. The number of hydrogen-bond acceptors (Lipinski definition) is 4. The number of sulfonamides is 1. The van der Waals surface area contributed by atoms with E-state index in [1.807, 2.05) is 13.8 Å². The Bertz CT molecular complexity index is 898. The van der Waals surface area contributed by atoms with Crippen LogP contribution in [0.2, 0.25) is 0 Å². The first-order valence-corrected chi connectivity index (χ1v) is 9.73.